The Labute approximate surface area is 141 Å². The highest BCUT2D eigenvalue weighted by molar-refractivity contribution is 7.89. The lowest BCUT2D eigenvalue weighted by atomic mass is 10.1. The number of hydrogen-bond donors (Lipinski definition) is 1. The molecule has 0 aliphatic carbocycles. The van der Waals surface area contributed by atoms with Crippen LogP contribution in [0.3, 0.4) is 0 Å². The fourth-order valence-electron chi connectivity index (χ4n) is 2.24. The van der Waals surface area contributed by atoms with E-state index in [0.29, 0.717) is 10.8 Å². The molecule has 23 heavy (non-hydrogen) atoms. The minimum absolute atomic E-state index is 0.00533. The van der Waals surface area contributed by atoms with Crippen molar-refractivity contribution in [1.29, 1.82) is 0 Å². The molecule has 0 aliphatic heterocycles. The maximum absolute atomic E-state index is 12.7. The Morgan fingerprint density at radius 2 is 1.70 bits per heavy atom. The van der Waals surface area contributed by atoms with E-state index in [-0.39, 0.29) is 10.6 Å². The molecular weight excluding hydrogens is 338 g/mol. The van der Waals surface area contributed by atoms with Crippen LogP contribution in [0.5, 0.6) is 11.5 Å². The van der Waals surface area contributed by atoms with Gasteiger partial charge in [0.25, 0.3) is 0 Å². The molecule has 0 fully saturated rings. The third-order valence-electron chi connectivity index (χ3n) is 3.35. The van der Waals surface area contributed by atoms with Gasteiger partial charge < -0.3 is 9.47 Å². The number of ether oxygens (including phenoxy) is 2. The topological polar surface area (TPSA) is 64.6 Å². The smallest absolute Gasteiger partial charge is 0.244 e. The Balaban J connectivity index is 2.36. The number of benzene rings is 2. The molecule has 0 aliphatic rings. The van der Waals surface area contributed by atoms with Crippen molar-refractivity contribution in [3.8, 4) is 11.5 Å². The average Bonchev–Trinajstić information content (AvgIpc) is 2.54. The molecule has 124 valence electrons. The molecule has 0 radical (unpaired) electrons. The van der Waals surface area contributed by atoms with Crippen molar-refractivity contribution in [2.24, 2.45) is 0 Å². The summed E-state index contributed by atoms with van der Waals surface area (Å²) in [6, 6.07) is 11.2. The van der Waals surface area contributed by atoms with Gasteiger partial charge in [0.15, 0.2) is 0 Å². The predicted molar refractivity (Wildman–Crippen MR) is 89.7 cm³/mol. The molecule has 5 nitrogen and oxygen atoms in total. The first-order chi connectivity index (χ1) is 10.9. The van der Waals surface area contributed by atoms with Crippen molar-refractivity contribution in [3.05, 3.63) is 53.1 Å². The first kappa shape index (κ1) is 17.6. The van der Waals surface area contributed by atoms with E-state index in [4.69, 9.17) is 21.1 Å². The third-order valence-corrected chi connectivity index (χ3v) is 5.15. The van der Waals surface area contributed by atoms with Crippen LogP contribution < -0.4 is 14.2 Å². The van der Waals surface area contributed by atoms with Crippen LogP contribution in [0.25, 0.3) is 0 Å². The summed E-state index contributed by atoms with van der Waals surface area (Å²) in [5.41, 5.74) is 0.736. The van der Waals surface area contributed by atoms with Crippen LogP contribution in [0, 0.1) is 0 Å². The molecular formula is C16H18ClNO4S. The predicted octanol–water partition coefficient (Wildman–Crippen LogP) is 3.40. The Morgan fingerprint density at radius 1 is 1.04 bits per heavy atom. The average molecular weight is 356 g/mol. The summed E-state index contributed by atoms with van der Waals surface area (Å²) in [6.45, 7) is 1.74. The molecule has 0 saturated carbocycles. The molecule has 1 N–H and O–H groups in total. The van der Waals surface area contributed by atoms with Gasteiger partial charge in [-0.05, 0) is 31.2 Å². The molecule has 0 amide bonds. The molecule has 1 atom stereocenters. The molecule has 2 aromatic rings. The minimum Gasteiger partial charge on any atom is -0.496 e. The number of nitrogens with one attached hydrogen (secondary N) is 1. The fraction of sp³-hybridized carbons (Fsp3) is 0.250. The quantitative estimate of drug-likeness (QED) is 0.862. The van der Waals surface area contributed by atoms with Gasteiger partial charge in [0.05, 0.1) is 14.2 Å². The van der Waals surface area contributed by atoms with Gasteiger partial charge in [0.2, 0.25) is 10.0 Å². The van der Waals surface area contributed by atoms with Crippen LogP contribution in [0.15, 0.2) is 47.4 Å². The Morgan fingerprint density at radius 3 is 2.35 bits per heavy atom. The molecule has 0 heterocycles. The number of rotatable bonds is 6. The molecule has 0 spiro atoms. The van der Waals surface area contributed by atoms with Crippen molar-refractivity contribution < 1.29 is 17.9 Å². The summed E-state index contributed by atoms with van der Waals surface area (Å²) in [6.07, 6.45) is 0. The second-order valence-electron chi connectivity index (χ2n) is 4.88. The molecule has 2 aromatic carbocycles. The van der Waals surface area contributed by atoms with Crippen LogP contribution in [-0.2, 0) is 10.0 Å². The Kier molecular flexibility index (Phi) is 5.51. The monoisotopic (exact) mass is 355 g/mol. The fourth-order valence-corrected chi connectivity index (χ4v) is 3.90. The van der Waals surface area contributed by atoms with Gasteiger partial charge in [-0.15, -0.1) is 0 Å². The maximum Gasteiger partial charge on any atom is 0.244 e. The van der Waals surface area contributed by atoms with Gasteiger partial charge in [-0.1, -0.05) is 29.8 Å². The highest BCUT2D eigenvalue weighted by Crippen LogP contribution is 2.30. The van der Waals surface area contributed by atoms with E-state index in [1.807, 2.05) is 12.1 Å². The largest absolute Gasteiger partial charge is 0.496 e. The second kappa shape index (κ2) is 7.21. The summed E-state index contributed by atoms with van der Waals surface area (Å²) < 4.78 is 38.3. The summed E-state index contributed by atoms with van der Waals surface area (Å²) in [5, 5.41) is 0.316. The number of methoxy groups -OCH3 is 2. The minimum atomic E-state index is -3.81. The van der Waals surface area contributed by atoms with Crippen LogP contribution in [-0.4, -0.2) is 22.6 Å². The van der Waals surface area contributed by atoms with Gasteiger partial charge in [-0.25, -0.2) is 13.1 Å². The van der Waals surface area contributed by atoms with Crippen molar-refractivity contribution in [2.75, 3.05) is 14.2 Å². The summed E-state index contributed by atoms with van der Waals surface area (Å²) >= 11 is 5.91. The Hall–Kier alpha value is -1.76. The molecule has 1 unspecified atom stereocenters. The van der Waals surface area contributed by atoms with E-state index >= 15 is 0 Å². The maximum atomic E-state index is 12.7. The van der Waals surface area contributed by atoms with Crippen molar-refractivity contribution >= 4 is 21.6 Å². The summed E-state index contributed by atoms with van der Waals surface area (Å²) in [5.74, 6) is 0.842. The lowest BCUT2D eigenvalue weighted by Gasteiger charge is -2.18. The van der Waals surface area contributed by atoms with Gasteiger partial charge in [0.1, 0.15) is 16.4 Å². The van der Waals surface area contributed by atoms with Gasteiger partial charge in [0, 0.05) is 16.6 Å². The number of para-hydroxylation sites is 1. The number of sulfonamides is 1. The summed E-state index contributed by atoms with van der Waals surface area (Å²) in [4.78, 5) is -0.00533. The van der Waals surface area contributed by atoms with Crippen LogP contribution in [0.1, 0.15) is 18.5 Å². The van der Waals surface area contributed by atoms with Crippen LogP contribution in [0.4, 0.5) is 0 Å². The van der Waals surface area contributed by atoms with Gasteiger partial charge in [-0.3, -0.25) is 0 Å². The lowest BCUT2D eigenvalue weighted by molar-refractivity contribution is 0.401. The van der Waals surface area contributed by atoms with E-state index in [1.54, 1.807) is 32.2 Å². The molecule has 7 heteroatoms. The van der Waals surface area contributed by atoms with Crippen molar-refractivity contribution in [1.82, 2.24) is 4.72 Å². The number of halogens is 1. The Bertz CT molecular complexity index is 792. The molecule has 0 bridgehead atoms. The van der Waals surface area contributed by atoms with Gasteiger partial charge in [-0.2, -0.15) is 0 Å². The first-order valence-corrected chi connectivity index (χ1v) is 8.74. The van der Waals surface area contributed by atoms with Crippen molar-refractivity contribution in [3.63, 3.8) is 0 Å². The van der Waals surface area contributed by atoms with E-state index in [0.717, 1.165) is 5.56 Å². The molecule has 0 aromatic heterocycles. The first-order valence-electron chi connectivity index (χ1n) is 6.88. The highest BCUT2D eigenvalue weighted by Gasteiger charge is 2.24. The lowest BCUT2D eigenvalue weighted by Crippen LogP contribution is -2.27. The van der Waals surface area contributed by atoms with E-state index < -0.39 is 16.1 Å². The highest BCUT2D eigenvalue weighted by atomic mass is 35.5. The van der Waals surface area contributed by atoms with Crippen LogP contribution >= 0.6 is 11.6 Å². The SMILES string of the molecule is COc1ccccc1C(C)NS(=O)(=O)c1cc(Cl)ccc1OC. The third kappa shape index (κ3) is 3.96. The zero-order chi connectivity index (χ0) is 17.0. The summed E-state index contributed by atoms with van der Waals surface area (Å²) in [7, 11) is -0.863. The van der Waals surface area contributed by atoms with Gasteiger partial charge >= 0.3 is 0 Å². The molecule has 0 saturated heterocycles. The van der Waals surface area contributed by atoms with Crippen LogP contribution in [0.2, 0.25) is 5.02 Å². The van der Waals surface area contributed by atoms with E-state index in [9.17, 15) is 8.42 Å². The zero-order valence-electron chi connectivity index (χ0n) is 13.0. The van der Waals surface area contributed by atoms with E-state index in [2.05, 4.69) is 4.72 Å². The second-order valence-corrected chi connectivity index (χ2v) is 7.00. The van der Waals surface area contributed by atoms with Crippen molar-refractivity contribution in [2.45, 2.75) is 17.9 Å². The molecule has 2 rings (SSSR count). The standard InChI is InChI=1S/C16H18ClNO4S/c1-11(13-6-4-5-7-14(13)21-2)18-23(19,20)16-10-12(17)8-9-15(16)22-3/h4-11,18H,1-3H3. The number of hydrogen-bond acceptors (Lipinski definition) is 4. The zero-order valence-corrected chi connectivity index (χ0v) is 14.6. The van der Waals surface area contributed by atoms with E-state index in [1.165, 1.54) is 19.2 Å². The normalized spacial score (nSPS) is 12.7.